The van der Waals surface area contributed by atoms with E-state index in [1.165, 1.54) is 0 Å². The third-order valence-corrected chi connectivity index (χ3v) is 4.53. The fourth-order valence-electron chi connectivity index (χ4n) is 3.13. The highest BCUT2D eigenvalue weighted by Crippen LogP contribution is 2.33. The first kappa shape index (κ1) is 18.7. The van der Waals surface area contributed by atoms with Crippen LogP contribution in [-0.4, -0.2) is 29.1 Å². The quantitative estimate of drug-likeness (QED) is 0.682. The number of hydrogen-bond donors (Lipinski definition) is 2. The lowest BCUT2D eigenvalue weighted by molar-refractivity contribution is 0.102. The van der Waals surface area contributed by atoms with Gasteiger partial charge >= 0.3 is 0 Å². The molecule has 1 amide bonds. The standard InChI is InChI=1S/C22H22N4O3/c1-3-15-6-4-5-7-17(15)25-21(27)18-12-14(2)23-22(26-18)24-16-8-9-19-20(13-16)29-11-10-28-19/h4-9,12-13H,3,10-11H2,1-2H3,(H,25,27)(H,23,24,26). The Labute approximate surface area is 169 Å². The molecule has 7 heteroatoms. The summed E-state index contributed by atoms with van der Waals surface area (Å²) in [5.41, 5.74) is 3.60. The van der Waals surface area contributed by atoms with Gasteiger partial charge in [-0.3, -0.25) is 4.79 Å². The van der Waals surface area contributed by atoms with Crippen LogP contribution in [-0.2, 0) is 6.42 Å². The highest BCUT2D eigenvalue weighted by molar-refractivity contribution is 6.03. The minimum Gasteiger partial charge on any atom is -0.486 e. The minimum absolute atomic E-state index is 0.276. The lowest BCUT2D eigenvalue weighted by atomic mass is 10.1. The Kier molecular flexibility index (Phi) is 5.29. The van der Waals surface area contributed by atoms with Crippen molar-refractivity contribution in [2.75, 3.05) is 23.8 Å². The highest BCUT2D eigenvalue weighted by atomic mass is 16.6. The van der Waals surface area contributed by atoms with Gasteiger partial charge in [0.1, 0.15) is 18.9 Å². The number of benzene rings is 2. The SMILES string of the molecule is CCc1ccccc1NC(=O)c1cc(C)nc(Nc2ccc3c(c2)OCCO3)n1. The van der Waals surface area contributed by atoms with Crippen LogP contribution < -0.4 is 20.1 Å². The number of fused-ring (bicyclic) bond motifs is 1. The number of amides is 1. The van der Waals surface area contributed by atoms with Gasteiger partial charge < -0.3 is 20.1 Å². The Morgan fingerprint density at radius 3 is 2.66 bits per heavy atom. The molecule has 2 aromatic carbocycles. The number of rotatable bonds is 5. The summed E-state index contributed by atoms with van der Waals surface area (Å²) in [6, 6.07) is 14.9. The molecule has 1 aromatic heterocycles. The number of hydrogen-bond acceptors (Lipinski definition) is 6. The number of ether oxygens (including phenoxy) is 2. The lowest BCUT2D eigenvalue weighted by Crippen LogP contribution is -2.17. The maximum atomic E-state index is 12.8. The Bertz CT molecular complexity index is 1050. The van der Waals surface area contributed by atoms with Gasteiger partial charge in [0, 0.05) is 23.1 Å². The van der Waals surface area contributed by atoms with E-state index in [2.05, 4.69) is 27.5 Å². The highest BCUT2D eigenvalue weighted by Gasteiger charge is 2.15. The average Bonchev–Trinajstić information content (AvgIpc) is 2.73. The number of para-hydroxylation sites is 1. The van der Waals surface area contributed by atoms with Gasteiger partial charge in [-0.05, 0) is 43.2 Å². The molecule has 0 saturated carbocycles. The van der Waals surface area contributed by atoms with Crippen molar-refractivity contribution in [2.24, 2.45) is 0 Å². The van der Waals surface area contributed by atoms with Gasteiger partial charge in [-0.1, -0.05) is 25.1 Å². The number of carbonyl (C=O) groups is 1. The molecular formula is C22H22N4O3. The summed E-state index contributed by atoms with van der Waals surface area (Å²) in [6.45, 7) is 4.93. The fourth-order valence-corrected chi connectivity index (χ4v) is 3.13. The Hall–Kier alpha value is -3.61. The molecule has 3 aromatic rings. The van der Waals surface area contributed by atoms with Crippen molar-refractivity contribution in [1.82, 2.24) is 9.97 Å². The molecule has 29 heavy (non-hydrogen) atoms. The molecule has 0 aliphatic carbocycles. The lowest BCUT2D eigenvalue weighted by Gasteiger charge is -2.19. The summed E-state index contributed by atoms with van der Waals surface area (Å²) in [5.74, 6) is 1.45. The smallest absolute Gasteiger partial charge is 0.274 e. The summed E-state index contributed by atoms with van der Waals surface area (Å²) < 4.78 is 11.1. The average molecular weight is 390 g/mol. The number of nitrogens with zero attached hydrogens (tertiary/aromatic N) is 2. The van der Waals surface area contributed by atoms with E-state index in [0.29, 0.717) is 42.0 Å². The molecule has 7 nitrogen and oxygen atoms in total. The van der Waals surface area contributed by atoms with E-state index in [1.54, 1.807) is 6.07 Å². The first-order valence-corrected chi connectivity index (χ1v) is 9.54. The summed E-state index contributed by atoms with van der Waals surface area (Å²) in [5, 5.41) is 6.08. The monoisotopic (exact) mass is 390 g/mol. The van der Waals surface area contributed by atoms with Crippen LogP contribution in [0.15, 0.2) is 48.5 Å². The molecule has 0 bridgehead atoms. The molecule has 0 unspecified atom stereocenters. The largest absolute Gasteiger partial charge is 0.486 e. The van der Waals surface area contributed by atoms with E-state index >= 15 is 0 Å². The van der Waals surface area contributed by atoms with E-state index in [1.807, 2.05) is 49.4 Å². The molecule has 148 valence electrons. The summed E-state index contributed by atoms with van der Waals surface area (Å²) >= 11 is 0. The molecule has 0 atom stereocenters. The normalized spacial score (nSPS) is 12.3. The van der Waals surface area contributed by atoms with Crippen LogP contribution in [0.25, 0.3) is 0 Å². The minimum atomic E-state index is -0.276. The predicted octanol–water partition coefficient (Wildman–Crippen LogP) is 4.11. The van der Waals surface area contributed by atoms with Crippen molar-refractivity contribution >= 4 is 23.2 Å². The van der Waals surface area contributed by atoms with Crippen LogP contribution in [0.5, 0.6) is 11.5 Å². The molecule has 0 spiro atoms. The second-order valence-corrected chi connectivity index (χ2v) is 6.67. The van der Waals surface area contributed by atoms with Crippen molar-refractivity contribution in [3.8, 4) is 11.5 Å². The molecule has 0 saturated heterocycles. The Morgan fingerprint density at radius 2 is 1.83 bits per heavy atom. The summed E-state index contributed by atoms with van der Waals surface area (Å²) in [7, 11) is 0. The fraction of sp³-hybridized carbons (Fsp3) is 0.227. The molecule has 0 fully saturated rings. The topological polar surface area (TPSA) is 85.4 Å². The second kappa shape index (κ2) is 8.18. The van der Waals surface area contributed by atoms with Gasteiger partial charge in [0.2, 0.25) is 5.95 Å². The maximum Gasteiger partial charge on any atom is 0.274 e. The Balaban J connectivity index is 1.55. The van der Waals surface area contributed by atoms with Gasteiger partial charge in [-0.2, -0.15) is 0 Å². The molecule has 0 radical (unpaired) electrons. The van der Waals surface area contributed by atoms with Gasteiger partial charge in [0.15, 0.2) is 11.5 Å². The van der Waals surface area contributed by atoms with Crippen LogP contribution in [0.4, 0.5) is 17.3 Å². The maximum absolute atomic E-state index is 12.8. The van der Waals surface area contributed by atoms with Crippen LogP contribution in [0.1, 0.15) is 28.7 Å². The molecule has 1 aliphatic heterocycles. The molecule has 4 rings (SSSR count). The summed E-state index contributed by atoms with van der Waals surface area (Å²) in [4.78, 5) is 21.5. The zero-order chi connectivity index (χ0) is 20.2. The van der Waals surface area contributed by atoms with Crippen LogP contribution in [0.2, 0.25) is 0 Å². The molecule has 1 aliphatic rings. The molecule has 2 heterocycles. The third-order valence-electron chi connectivity index (χ3n) is 4.53. The van der Waals surface area contributed by atoms with Crippen molar-refractivity contribution in [1.29, 1.82) is 0 Å². The number of nitrogens with one attached hydrogen (secondary N) is 2. The van der Waals surface area contributed by atoms with Crippen molar-refractivity contribution in [2.45, 2.75) is 20.3 Å². The van der Waals surface area contributed by atoms with E-state index in [4.69, 9.17) is 9.47 Å². The Morgan fingerprint density at radius 1 is 1.03 bits per heavy atom. The van der Waals surface area contributed by atoms with Gasteiger partial charge in [0.25, 0.3) is 5.91 Å². The zero-order valence-electron chi connectivity index (χ0n) is 16.4. The number of anilines is 3. The number of aryl methyl sites for hydroxylation is 2. The molecular weight excluding hydrogens is 368 g/mol. The van der Waals surface area contributed by atoms with E-state index in [0.717, 1.165) is 23.4 Å². The first-order chi connectivity index (χ1) is 14.1. The zero-order valence-corrected chi connectivity index (χ0v) is 16.4. The van der Waals surface area contributed by atoms with Crippen molar-refractivity contribution in [3.63, 3.8) is 0 Å². The number of carbonyl (C=O) groups excluding carboxylic acids is 1. The number of aromatic nitrogens is 2. The van der Waals surface area contributed by atoms with Crippen LogP contribution >= 0.6 is 0 Å². The van der Waals surface area contributed by atoms with Gasteiger partial charge in [0.05, 0.1) is 0 Å². The van der Waals surface area contributed by atoms with Crippen LogP contribution in [0, 0.1) is 6.92 Å². The molecule has 2 N–H and O–H groups in total. The van der Waals surface area contributed by atoms with E-state index in [-0.39, 0.29) is 5.91 Å². The third kappa shape index (κ3) is 4.29. The van der Waals surface area contributed by atoms with Gasteiger partial charge in [-0.15, -0.1) is 0 Å². The van der Waals surface area contributed by atoms with E-state index in [9.17, 15) is 4.79 Å². The van der Waals surface area contributed by atoms with Crippen molar-refractivity contribution < 1.29 is 14.3 Å². The second-order valence-electron chi connectivity index (χ2n) is 6.67. The summed E-state index contributed by atoms with van der Waals surface area (Å²) in [6.07, 6.45) is 0.830. The van der Waals surface area contributed by atoms with Crippen LogP contribution in [0.3, 0.4) is 0 Å². The van der Waals surface area contributed by atoms with Crippen molar-refractivity contribution in [3.05, 3.63) is 65.5 Å². The first-order valence-electron chi connectivity index (χ1n) is 9.54. The van der Waals surface area contributed by atoms with Gasteiger partial charge in [-0.25, -0.2) is 9.97 Å². The van der Waals surface area contributed by atoms with E-state index < -0.39 is 0 Å². The predicted molar refractivity (Wildman–Crippen MR) is 111 cm³/mol.